The quantitative estimate of drug-likeness (QED) is 0.898. The minimum atomic E-state index is -0.0368. The molecule has 0 aromatic heterocycles. The van der Waals surface area contributed by atoms with Crippen molar-refractivity contribution in [2.75, 3.05) is 11.9 Å². The van der Waals surface area contributed by atoms with Crippen LogP contribution in [0.3, 0.4) is 0 Å². The van der Waals surface area contributed by atoms with Gasteiger partial charge in [-0.05, 0) is 47.0 Å². The number of hydrogen-bond donors (Lipinski definition) is 2. The Kier molecular flexibility index (Phi) is 3.84. The summed E-state index contributed by atoms with van der Waals surface area (Å²) in [6.45, 7) is 0.359. The van der Waals surface area contributed by atoms with Crippen molar-refractivity contribution in [2.45, 2.75) is 18.9 Å². The van der Waals surface area contributed by atoms with Gasteiger partial charge < -0.3 is 10.6 Å². The molecule has 1 amide bonds. The van der Waals surface area contributed by atoms with Gasteiger partial charge in [-0.2, -0.15) is 0 Å². The first-order valence-electron chi connectivity index (χ1n) is 5.13. The molecule has 0 atom stereocenters. The van der Waals surface area contributed by atoms with Gasteiger partial charge in [0.2, 0.25) is 5.91 Å². The lowest BCUT2D eigenvalue weighted by molar-refractivity contribution is -0.115. The van der Waals surface area contributed by atoms with Crippen LogP contribution in [0.5, 0.6) is 0 Å². The molecule has 2 rings (SSSR count). The van der Waals surface area contributed by atoms with Crippen molar-refractivity contribution in [3.05, 3.63) is 27.7 Å². The van der Waals surface area contributed by atoms with Gasteiger partial charge in [-0.25, -0.2) is 0 Å². The molecule has 0 spiro atoms. The Hall–Kier alpha value is -0.580. The molecule has 16 heavy (non-hydrogen) atoms. The van der Waals surface area contributed by atoms with Crippen molar-refractivity contribution in [1.29, 1.82) is 0 Å². The Labute approximate surface area is 108 Å². The van der Waals surface area contributed by atoms with E-state index in [1.807, 2.05) is 12.1 Å². The maximum absolute atomic E-state index is 11.5. The van der Waals surface area contributed by atoms with Crippen molar-refractivity contribution < 1.29 is 4.79 Å². The van der Waals surface area contributed by atoms with Gasteiger partial charge in [0.15, 0.2) is 0 Å². The third-order valence-corrected chi connectivity index (χ3v) is 3.56. The van der Waals surface area contributed by atoms with Gasteiger partial charge >= 0.3 is 0 Å². The summed E-state index contributed by atoms with van der Waals surface area (Å²) in [4.78, 5) is 11.5. The molecule has 0 unspecified atom stereocenters. The Morgan fingerprint density at radius 1 is 1.50 bits per heavy atom. The molecule has 1 saturated carbocycles. The molecule has 0 heterocycles. The average Bonchev–Trinajstić information content (AvgIpc) is 3.04. The number of benzene rings is 1. The molecule has 1 aliphatic rings. The normalized spacial score (nSPS) is 14.9. The van der Waals surface area contributed by atoms with Gasteiger partial charge in [-0.3, -0.25) is 4.79 Å². The minimum Gasteiger partial charge on any atom is -0.325 e. The zero-order valence-electron chi connectivity index (χ0n) is 8.59. The number of carbonyl (C=O) groups excluding carboxylic acids is 1. The Morgan fingerprint density at radius 3 is 2.88 bits per heavy atom. The van der Waals surface area contributed by atoms with E-state index >= 15 is 0 Å². The average molecular weight is 304 g/mol. The van der Waals surface area contributed by atoms with E-state index in [9.17, 15) is 4.79 Å². The molecule has 1 aromatic carbocycles. The largest absolute Gasteiger partial charge is 0.325 e. The summed E-state index contributed by atoms with van der Waals surface area (Å²) in [6.07, 6.45) is 2.36. The predicted molar refractivity (Wildman–Crippen MR) is 68.8 cm³/mol. The monoisotopic (exact) mass is 302 g/mol. The summed E-state index contributed by atoms with van der Waals surface area (Å²) in [5.74, 6) is -0.0368. The van der Waals surface area contributed by atoms with Crippen LogP contribution < -0.4 is 10.6 Å². The zero-order chi connectivity index (χ0) is 11.5. The van der Waals surface area contributed by atoms with Crippen LogP contribution >= 0.6 is 27.5 Å². The highest BCUT2D eigenvalue weighted by atomic mass is 79.9. The topological polar surface area (TPSA) is 41.1 Å². The zero-order valence-corrected chi connectivity index (χ0v) is 10.9. The van der Waals surface area contributed by atoms with E-state index in [0.29, 0.717) is 17.6 Å². The van der Waals surface area contributed by atoms with E-state index in [0.717, 1.165) is 10.2 Å². The Bertz CT molecular complexity index is 407. The van der Waals surface area contributed by atoms with Gasteiger partial charge in [-0.15, -0.1) is 0 Å². The van der Waals surface area contributed by atoms with E-state index in [1.54, 1.807) is 6.07 Å². The van der Waals surface area contributed by atoms with E-state index in [1.165, 1.54) is 12.8 Å². The van der Waals surface area contributed by atoms with E-state index in [2.05, 4.69) is 26.6 Å². The standard InChI is InChI=1S/C11H12BrClN2O/c12-9-4-3-8(5-10(9)13)15-11(16)6-14-7-1-2-7/h3-5,7,14H,1-2,6H2,(H,15,16). The SMILES string of the molecule is O=C(CNC1CC1)Nc1ccc(Br)c(Cl)c1. The van der Waals surface area contributed by atoms with Crippen molar-refractivity contribution in [1.82, 2.24) is 5.32 Å². The number of amides is 1. The highest BCUT2D eigenvalue weighted by Gasteiger charge is 2.21. The first-order chi connectivity index (χ1) is 7.65. The van der Waals surface area contributed by atoms with Crippen molar-refractivity contribution in [3.8, 4) is 0 Å². The summed E-state index contributed by atoms with van der Waals surface area (Å²) >= 11 is 9.22. The van der Waals surface area contributed by atoms with Crippen LogP contribution in [-0.4, -0.2) is 18.5 Å². The van der Waals surface area contributed by atoms with Crippen LogP contribution in [0, 0.1) is 0 Å². The first-order valence-corrected chi connectivity index (χ1v) is 6.30. The number of rotatable bonds is 4. The fourth-order valence-electron chi connectivity index (χ4n) is 1.30. The van der Waals surface area contributed by atoms with Crippen LogP contribution in [-0.2, 0) is 4.79 Å². The maximum atomic E-state index is 11.5. The fraction of sp³-hybridized carbons (Fsp3) is 0.364. The van der Waals surface area contributed by atoms with Gasteiger partial charge in [0.05, 0.1) is 11.6 Å². The fourth-order valence-corrected chi connectivity index (χ4v) is 1.73. The Morgan fingerprint density at radius 2 is 2.25 bits per heavy atom. The third-order valence-electron chi connectivity index (χ3n) is 2.33. The molecule has 2 N–H and O–H groups in total. The van der Waals surface area contributed by atoms with Crippen molar-refractivity contribution in [2.24, 2.45) is 0 Å². The molecule has 0 bridgehead atoms. The number of halogens is 2. The number of carbonyl (C=O) groups is 1. The summed E-state index contributed by atoms with van der Waals surface area (Å²) in [5, 5.41) is 6.53. The lowest BCUT2D eigenvalue weighted by Crippen LogP contribution is -2.29. The van der Waals surface area contributed by atoms with Crippen molar-refractivity contribution >= 4 is 39.1 Å². The van der Waals surface area contributed by atoms with Crippen LogP contribution in [0.25, 0.3) is 0 Å². The van der Waals surface area contributed by atoms with Crippen LogP contribution in [0.4, 0.5) is 5.69 Å². The van der Waals surface area contributed by atoms with Crippen LogP contribution in [0.2, 0.25) is 5.02 Å². The second kappa shape index (κ2) is 5.17. The lowest BCUT2D eigenvalue weighted by atomic mass is 10.3. The highest BCUT2D eigenvalue weighted by molar-refractivity contribution is 9.10. The maximum Gasteiger partial charge on any atom is 0.238 e. The second-order valence-corrected chi connectivity index (χ2v) is 5.09. The lowest BCUT2D eigenvalue weighted by Gasteiger charge is -2.06. The van der Waals surface area contributed by atoms with Crippen LogP contribution in [0.1, 0.15) is 12.8 Å². The molecule has 86 valence electrons. The van der Waals surface area contributed by atoms with E-state index in [4.69, 9.17) is 11.6 Å². The Balaban J connectivity index is 1.86. The van der Waals surface area contributed by atoms with Gasteiger partial charge in [0.25, 0.3) is 0 Å². The third kappa shape index (κ3) is 3.47. The predicted octanol–water partition coefficient (Wildman–Crippen LogP) is 2.79. The first kappa shape index (κ1) is 11.9. The number of hydrogen-bond acceptors (Lipinski definition) is 2. The summed E-state index contributed by atoms with van der Waals surface area (Å²) in [7, 11) is 0. The summed E-state index contributed by atoms with van der Waals surface area (Å²) in [5.41, 5.74) is 0.718. The molecule has 0 saturated heterocycles. The summed E-state index contributed by atoms with van der Waals surface area (Å²) < 4.78 is 0.822. The summed E-state index contributed by atoms with van der Waals surface area (Å²) in [6, 6.07) is 5.89. The molecule has 1 fully saturated rings. The number of anilines is 1. The minimum absolute atomic E-state index is 0.0368. The van der Waals surface area contributed by atoms with Crippen LogP contribution in [0.15, 0.2) is 22.7 Å². The molecular formula is C11H12BrClN2O. The van der Waals surface area contributed by atoms with Gasteiger partial charge in [-0.1, -0.05) is 11.6 Å². The number of nitrogens with one attached hydrogen (secondary N) is 2. The van der Waals surface area contributed by atoms with E-state index in [-0.39, 0.29) is 5.91 Å². The van der Waals surface area contributed by atoms with E-state index < -0.39 is 0 Å². The van der Waals surface area contributed by atoms with Crippen molar-refractivity contribution in [3.63, 3.8) is 0 Å². The molecule has 3 nitrogen and oxygen atoms in total. The molecule has 5 heteroatoms. The second-order valence-electron chi connectivity index (χ2n) is 3.83. The molecule has 0 aliphatic heterocycles. The molecule has 1 aliphatic carbocycles. The molecule has 0 radical (unpaired) electrons. The molecular weight excluding hydrogens is 291 g/mol. The highest BCUT2D eigenvalue weighted by Crippen LogP contribution is 2.25. The van der Waals surface area contributed by atoms with Gasteiger partial charge in [0, 0.05) is 16.2 Å². The smallest absolute Gasteiger partial charge is 0.238 e. The van der Waals surface area contributed by atoms with Gasteiger partial charge in [0.1, 0.15) is 0 Å². The molecule has 1 aromatic rings.